The Balaban J connectivity index is 1.16. The maximum atomic E-state index is 12.7. The van der Waals surface area contributed by atoms with E-state index in [-0.39, 0.29) is 5.91 Å². The van der Waals surface area contributed by atoms with E-state index >= 15 is 0 Å². The number of carbonyl (C=O) groups excluding carboxylic acids is 1. The molecule has 2 aliphatic heterocycles. The van der Waals surface area contributed by atoms with Crippen molar-refractivity contribution in [3.8, 4) is 0 Å². The largest absolute Gasteiger partial charge is 0.461 e. The Morgan fingerprint density at radius 2 is 2.04 bits per heavy atom. The zero-order chi connectivity index (χ0) is 18.9. The first kappa shape index (κ1) is 17.4. The zero-order valence-corrected chi connectivity index (χ0v) is 15.9. The lowest BCUT2D eigenvalue weighted by Crippen LogP contribution is -2.39. The highest BCUT2D eigenvalue weighted by Gasteiger charge is 2.28. The molecule has 0 saturated carbocycles. The van der Waals surface area contributed by atoms with Gasteiger partial charge in [-0.2, -0.15) is 0 Å². The fourth-order valence-corrected chi connectivity index (χ4v) is 4.35. The van der Waals surface area contributed by atoms with Crippen molar-refractivity contribution < 1.29 is 9.21 Å². The average Bonchev–Trinajstić information content (AvgIpc) is 3.36. The second kappa shape index (κ2) is 7.39. The summed E-state index contributed by atoms with van der Waals surface area (Å²) in [6.45, 7) is 4.30. The van der Waals surface area contributed by atoms with E-state index in [2.05, 4.69) is 20.1 Å². The SMILES string of the molecule is O=C(CCc1cc2ccccc2o1)N1CCC(c2nnc3n2CCNC3)CC1. The number of likely N-dealkylation sites (tertiary alicyclic amines) is 1. The van der Waals surface area contributed by atoms with Crippen LogP contribution in [0.4, 0.5) is 0 Å². The van der Waals surface area contributed by atoms with Crippen molar-refractivity contribution in [1.29, 1.82) is 0 Å². The number of amides is 1. The fraction of sp³-hybridized carbons (Fsp3) is 0.476. The number of nitrogens with one attached hydrogen (secondary N) is 1. The molecule has 1 amide bonds. The minimum absolute atomic E-state index is 0.214. The molecule has 1 aromatic carbocycles. The molecule has 2 aromatic heterocycles. The Morgan fingerprint density at radius 1 is 1.18 bits per heavy atom. The number of piperidine rings is 1. The van der Waals surface area contributed by atoms with E-state index < -0.39 is 0 Å². The number of aromatic nitrogens is 3. The molecule has 7 heteroatoms. The van der Waals surface area contributed by atoms with Crippen LogP contribution >= 0.6 is 0 Å². The third-order valence-electron chi connectivity index (χ3n) is 5.93. The van der Waals surface area contributed by atoms with Gasteiger partial charge in [0, 0.05) is 50.3 Å². The van der Waals surface area contributed by atoms with E-state index in [1.54, 1.807) is 0 Å². The van der Waals surface area contributed by atoms with Crippen molar-refractivity contribution in [3.63, 3.8) is 0 Å². The van der Waals surface area contributed by atoms with Crippen molar-refractivity contribution in [3.05, 3.63) is 47.7 Å². The smallest absolute Gasteiger partial charge is 0.223 e. The molecule has 0 unspecified atom stereocenters. The average molecular weight is 379 g/mol. The van der Waals surface area contributed by atoms with Gasteiger partial charge in [-0.25, -0.2) is 0 Å². The van der Waals surface area contributed by atoms with E-state index in [1.165, 1.54) is 0 Å². The summed E-state index contributed by atoms with van der Waals surface area (Å²) >= 11 is 0. The Hall–Kier alpha value is -2.67. The Bertz CT molecular complexity index is 951. The van der Waals surface area contributed by atoms with Crippen LogP contribution < -0.4 is 5.32 Å². The summed E-state index contributed by atoms with van der Waals surface area (Å²) < 4.78 is 8.09. The summed E-state index contributed by atoms with van der Waals surface area (Å²) in [6, 6.07) is 10.0. The summed E-state index contributed by atoms with van der Waals surface area (Å²) in [5.41, 5.74) is 0.887. The second-order valence-electron chi connectivity index (χ2n) is 7.71. The second-order valence-corrected chi connectivity index (χ2v) is 7.71. The highest BCUT2D eigenvalue weighted by molar-refractivity contribution is 5.79. The van der Waals surface area contributed by atoms with Gasteiger partial charge in [0.1, 0.15) is 23.0 Å². The number of fused-ring (bicyclic) bond motifs is 2. The first-order valence-electron chi connectivity index (χ1n) is 10.2. The van der Waals surface area contributed by atoms with Crippen molar-refractivity contribution in [2.45, 2.75) is 44.7 Å². The summed E-state index contributed by atoms with van der Waals surface area (Å²) in [7, 11) is 0. The first-order chi connectivity index (χ1) is 13.8. The molecule has 1 saturated heterocycles. The van der Waals surface area contributed by atoms with E-state index in [9.17, 15) is 4.79 Å². The molecule has 0 bridgehead atoms. The summed E-state index contributed by atoms with van der Waals surface area (Å²) in [4.78, 5) is 14.6. The molecule has 3 aromatic rings. The van der Waals surface area contributed by atoms with Crippen molar-refractivity contribution in [2.24, 2.45) is 0 Å². The van der Waals surface area contributed by atoms with Crippen LogP contribution in [0.1, 0.15) is 42.6 Å². The highest BCUT2D eigenvalue weighted by Crippen LogP contribution is 2.28. The molecule has 0 radical (unpaired) electrons. The van der Waals surface area contributed by atoms with Gasteiger partial charge in [-0.15, -0.1) is 10.2 Å². The lowest BCUT2D eigenvalue weighted by atomic mass is 9.95. The monoisotopic (exact) mass is 379 g/mol. The highest BCUT2D eigenvalue weighted by atomic mass is 16.3. The third-order valence-corrected chi connectivity index (χ3v) is 5.93. The Kier molecular flexibility index (Phi) is 4.60. The molecule has 5 rings (SSSR count). The number of carbonyl (C=O) groups is 1. The van der Waals surface area contributed by atoms with Gasteiger partial charge in [-0.3, -0.25) is 4.79 Å². The molecule has 146 valence electrons. The summed E-state index contributed by atoms with van der Waals surface area (Å²) in [5.74, 6) is 3.63. The number of rotatable bonds is 4. The van der Waals surface area contributed by atoms with Gasteiger partial charge in [0.05, 0.1) is 6.54 Å². The van der Waals surface area contributed by atoms with Crippen LogP contribution in [0.5, 0.6) is 0 Å². The number of para-hydroxylation sites is 1. The first-order valence-corrected chi connectivity index (χ1v) is 10.2. The fourth-order valence-electron chi connectivity index (χ4n) is 4.35. The van der Waals surface area contributed by atoms with Crippen LogP contribution in [-0.4, -0.2) is 45.2 Å². The zero-order valence-electron chi connectivity index (χ0n) is 15.9. The van der Waals surface area contributed by atoms with Gasteiger partial charge in [-0.05, 0) is 25.0 Å². The number of hydrogen-bond acceptors (Lipinski definition) is 5. The van der Waals surface area contributed by atoms with Crippen LogP contribution in [0.2, 0.25) is 0 Å². The lowest BCUT2D eigenvalue weighted by molar-refractivity contribution is -0.132. The van der Waals surface area contributed by atoms with Crippen molar-refractivity contribution in [1.82, 2.24) is 25.0 Å². The number of benzene rings is 1. The van der Waals surface area contributed by atoms with E-state index in [0.29, 0.717) is 18.8 Å². The predicted octanol–water partition coefficient (Wildman–Crippen LogP) is 2.47. The quantitative estimate of drug-likeness (QED) is 0.754. The van der Waals surface area contributed by atoms with E-state index in [4.69, 9.17) is 4.42 Å². The molecule has 0 atom stereocenters. The maximum absolute atomic E-state index is 12.7. The number of furan rings is 1. The maximum Gasteiger partial charge on any atom is 0.223 e. The molecule has 28 heavy (non-hydrogen) atoms. The van der Waals surface area contributed by atoms with Gasteiger partial charge in [0.25, 0.3) is 0 Å². The molecule has 7 nitrogen and oxygen atoms in total. The number of hydrogen-bond donors (Lipinski definition) is 1. The molecular weight excluding hydrogens is 354 g/mol. The molecule has 0 aliphatic carbocycles. The van der Waals surface area contributed by atoms with Crippen LogP contribution in [0, 0.1) is 0 Å². The minimum Gasteiger partial charge on any atom is -0.461 e. The Labute approximate surface area is 163 Å². The van der Waals surface area contributed by atoms with Gasteiger partial charge >= 0.3 is 0 Å². The minimum atomic E-state index is 0.214. The predicted molar refractivity (Wildman–Crippen MR) is 105 cm³/mol. The molecule has 4 heterocycles. The summed E-state index contributed by atoms with van der Waals surface area (Å²) in [6.07, 6.45) is 3.07. The topological polar surface area (TPSA) is 76.2 Å². The lowest BCUT2D eigenvalue weighted by Gasteiger charge is -2.32. The molecule has 0 spiro atoms. The standard InChI is InChI=1S/C21H25N5O2/c27-20(6-5-17-13-16-3-1-2-4-18(16)28-17)25-10-7-15(8-11-25)21-24-23-19-14-22-9-12-26(19)21/h1-4,13,15,22H,5-12,14H2. The summed E-state index contributed by atoms with van der Waals surface area (Å²) in [5, 5.41) is 13.2. The van der Waals surface area contributed by atoms with Gasteiger partial charge in [0.15, 0.2) is 0 Å². The van der Waals surface area contributed by atoms with E-state index in [1.807, 2.05) is 35.2 Å². The number of nitrogens with zero attached hydrogens (tertiary/aromatic N) is 4. The van der Waals surface area contributed by atoms with Crippen LogP contribution in [0.25, 0.3) is 11.0 Å². The third kappa shape index (κ3) is 3.30. The normalized spacial score (nSPS) is 17.8. The van der Waals surface area contributed by atoms with Crippen molar-refractivity contribution >= 4 is 16.9 Å². The van der Waals surface area contributed by atoms with Crippen LogP contribution in [0.3, 0.4) is 0 Å². The molecule has 2 aliphatic rings. The Morgan fingerprint density at radius 3 is 2.89 bits per heavy atom. The van der Waals surface area contributed by atoms with Gasteiger partial charge in [-0.1, -0.05) is 18.2 Å². The van der Waals surface area contributed by atoms with Crippen molar-refractivity contribution in [2.75, 3.05) is 19.6 Å². The van der Waals surface area contributed by atoms with Gasteiger partial charge in [0.2, 0.25) is 5.91 Å². The molecular formula is C21H25N5O2. The van der Waals surface area contributed by atoms with Crippen LogP contribution in [0.15, 0.2) is 34.7 Å². The number of aryl methyl sites for hydroxylation is 1. The van der Waals surface area contributed by atoms with Gasteiger partial charge < -0.3 is 19.2 Å². The molecule has 1 fully saturated rings. The van der Waals surface area contributed by atoms with Crippen LogP contribution in [-0.2, 0) is 24.3 Å². The van der Waals surface area contributed by atoms with E-state index in [0.717, 1.165) is 73.9 Å². The molecule has 1 N–H and O–H groups in total.